The normalized spacial score (nSPS) is 21.3. The van der Waals surface area contributed by atoms with Gasteiger partial charge in [0.05, 0.1) is 6.26 Å². The van der Waals surface area contributed by atoms with Crippen molar-refractivity contribution < 1.29 is 13.2 Å². The molecule has 1 unspecified atom stereocenters. The number of piperidine rings is 1. The number of rotatable bonds is 5. The van der Waals surface area contributed by atoms with E-state index in [-0.39, 0.29) is 11.9 Å². The minimum absolute atomic E-state index is 0.128. The molecule has 0 aromatic heterocycles. The zero-order valence-corrected chi connectivity index (χ0v) is 12.3. The summed E-state index contributed by atoms with van der Waals surface area (Å²) in [5.74, 6) is 0.660. The summed E-state index contributed by atoms with van der Waals surface area (Å²) < 4.78 is 24.9. The van der Waals surface area contributed by atoms with Crippen LogP contribution >= 0.6 is 0 Å². The van der Waals surface area contributed by atoms with Crippen LogP contribution in [-0.4, -0.2) is 44.6 Å². The van der Waals surface area contributed by atoms with Gasteiger partial charge < -0.3 is 4.90 Å². The van der Waals surface area contributed by atoms with Gasteiger partial charge in [-0.1, -0.05) is 13.8 Å². The maximum Gasteiger partial charge on any atom is 0.222 e. The van der Waals surface area contributed by atoms with Crippen molar-refractivity contribution in [3.05, 3.63) is 0 Å². The molecule has 18 heavy (non-hydrogen) atoms. The van der Waals surface area contributed by atoms with E-state index >= 15 is 0 Å². The summed E-state index contributed by atoms with van der Waals surface area (Å²) in [6, 6.07) is -0.128. The van der Waals surface area contributed by atoms with Crippen molar-refractivity contribution in [2.24, 2.45) is 5.92 Å². The molecule has 1 fully saturated rings. The Morgan fingerprint density at radius 1 is 1.44 bits per heavy atom. The van der Waals surface area contributed by atoms with Crippen LogP contribution in [0.2, 0.25) is 0 Å². The summed E-state index contributed by atoms with van der Waals surface area (Å²) in [5, 5.41) is 0. The first kappa shape index (κ1) is 15.4. The van der Waals surface area contributed by atoms with Crippen molar-refractivity contribution in [3.8, 4) is 0 Å². The zero-order valence-electron chi connectivity index (χ0n) is 11.5. The third-order valence-corrected chi connectivity index (χ3v) is 3.85. The second kappa shape index (κ2) is 6.52. The van der Waals surface area contributed by atoms with Gasteiger partial charge in [-0.3, -0.25) is 4.79 Å². The van der Waals surface area contributed by atoms with E-state index in [2.05, 4.69) is 18.6 Å². The summed E-state index contributed by atoms with van der Waals surface area (Å²) in [6.07, 6.45) is 4.27. The van der Waals surface area contributed by atoms with Crippen molar-refractivity contribution in [2.45, 2.75) is 45.6 Å². The lowest BCUT2D eigenvalue weighted by molar-refractivity contribution is -0.132. The monoisotopic (exact) mass is 276 g/mol. The molecule has 0 aromatic rings. The van der Waals surface area contributed by atoms with Crippen LogP contribution in [0, 0.1) is 5.92 Å². The van der Waals surface area contributed by atoms with Gasteiger partial charge in [-0.2, -0.15) is 0 Å². The topological polar surface area (TPSA) is 66.5 Å². The van der Waals surface area contributed by atoms with Gasteiger partial charge in [0, 0.05) is 25.6 Å². The van der Waals surface area contributed by atoms with E-state index in [1.807, 2.05) is 0 Å². The zero-order chi connectivity index (χ0) is 13.8. The molecule has 1 aliphatic heterocycles. The van der Waals surface area contributed by atoms with E-state index in [4.69, 9.17) is 0 Å². The van der Waals surface area contributed by atoms with Gasteiger partial charge in [-0.05, 0) is 25.2 Å². The summed E-state index contributed by atoms with van der Waals surface area (Å²) in [4.78, 5) is 13.7. The number of hydrogen-bond acceptors (Lipinski definition) is 3. The standard InChI is InChI=1S/C12H24N2O3S/c1-10(2)6-7-12(15)14-8-4-5-11(9-14)13-18(3,16)17/h10-11,13H,4-9H2,1-3H3. The molecular formula is C12H24N2O3S. The van der Waals surface area contributed by atoms with Crippen LogP contribution in [0.1, 0.15) is 39.5 Å². The Morgan fingerprint density at radius 3 is 2.67 bits per heavy atom. The number of nitrogens with zero attached hydrogens (tertiary/aromatic N) is 1. The summed E-state index contributed by atoms with van der Waals surface area (Å²) in [6.45, 7) is 5.44. The molecule has 0 spiro atoms. The average molecular weight is 276 g/mol. The summed E-state index contributed by atoms with van der Waals surface area (Å²) in [5.41, 5.74) is 0. The minimum Gasteiger partial charge on any atom is -0.341 e. The van der Waals surface area contributed by atoms with Crippen LogP contribution in [0.25, 0.3) is 0 Å². The number of amides is 1. The molecule has 0 saturated carbocycles. The van der Waals surface area contributed by atoms with Gasteiger partial charge in [-0.25, -0.2) is 13.1 Å². The molecule has 5 nitrogen and oxygen atoms in total. The van der Waals surface area contributed by atoms with Gasteiger partial charge in [0.15, 0.2) is 0 Å². The lowest BCUT2D eigenvalue weighted by atomic mass is 10.0. The van der Waals surface area contributed by atoms with Crippen LogP contribution in [-0.2, 0) is 14.8 Å². The molecule has 1 saturated heterocycles. The number of carbonyl (C=O) groups is 1. The van der Waals surface area contributed by atoms with E-state index in [0.29, 0.717) is 18.9 Å². The van der Waals surface area contributed by atoms with Crippen LogP contribution in [0.3, 0.4) is 0 Å². The van der Waals surface area contributed by atoms with E-state index < -0.39 is 10.0 Å². The van der Waals surface area contributed by atoms with Crippen LogP contribution in [0.15, 0.2) is 0 Å². The second-order valence-electron chi connectivity index (χ2n) is 5.50. The predicted molar refractivity (Wildman–Crippen MR) is 71.7 cm³/mol. The van der Waals surface area contributed by atoms with Crippen LogP contribution < -0.4 is 4.72 Å². The molecule has 1 amide bonds. The SMILES string of the molecule is CC(C)CCC(=O)N1CCCC(NS(C)(=O)=O)C1. The fourth-order valence-electron chi connectivity index (χ4n) is 2.17. The highest BCUT2D eigenvalue weighted by Crippen LogP contribution is 2.14. The van der Waals surface area contributed by atoms with Crippen molar-refractivity contribution in [2.75, 3.05) is 19.3 Å². The molecule has 1 heterocycles. The molecule has 1 aliphatic rings. The Hall–Kier alpha value is -0.620. The summed E-state index contributed by atoms with van der Waals surface area (Å²) >= 11 is 0. The maximum absolute atomic E-state index is 12.0. The molecule has 0 bridgehead atoms. The predicted octanol–water partition coefficient (Wildman–Crippen LogP) is 0.963. The van der Waals surface area contributed by atoms with Gasteiger partial charge in [-0.15, -0.1) is 0 Å². The molecular weight excluding hydrogens is 252 g/mol. The van der Waals surface area contributed by atoms with Gasteiger partial charge >= 0.3 is 0 Å². The Balaban J connectivity index is 2.45. The third kappa shape index (κ3) is 5.82. The first-order valence-corrected chi connectivity index (χ1v) is 8.42. The molecule has 6 heteroatoms. The van der Waals surface area contributed by atoms with E-state index in [1.165, 1.54) is 0 Å². The first-order valence-electron chi connectivity index (χ1n) is 6.53. The van der Waals surface area contributed by atoms with E-state index in [9.17, 15) is 13.2 Å². The van der Waals surface area contributed by atoms with E-state index in [1.54, 1.807) is 4.90 Å². The van der Waals surface area contributed by atoms with Crippen molar-refractivity contribution in [3.63, 3.8) is 0 Å². The quantitative estimate of drug-likeness (QED) is 0.813. The Kier molecular flexibility index (Phi) is 5.59. The third-order valence-electron chi connectivity index (χ3n) is 3.09. The number of sulfonamides is 1. The van der Waals surface area contributed by atoms with E-state index in [0.717, 1.165) is 32.1 Å². The van der Waals surface area contributed by atoms with Crippen LogP contribution in [0.4, 0.5) is 0 Å². The highest BCUT2D eigenvalue weighted by molar-refractivity contribution is 7.88. The Labute approximate surface area is 110 Å². The fraction of sp³-hybridized carbons (Fsp3) is 0.917. The molecule has 106 valence electrons. The molecule has 0 aromatic carbocycles. The average Bonchev–Trinajstić information content (AvgIpc) is 2.23. The van der Waals surface area contributed by atoms with Crippen molar-refractivity contribution in [1.29, 1.82) is 0 Å². The number of carbonyl (C=O) groups excluding carboxylic acids is 1. The number of hydrogen-bond donors (Lipinski definition) is 1. The molecule has 1 rings (SSSR count). The Bertz CT molecular complexity index is 379. The maximum atomic E-state index is 12.0. The number of nitrogens with one attached hydrogen (secondary N) is 1. The van der Waals surface area contributed by atoms with Gasteiger partial charge in [0.25, 0.3) is 0 Å². The smallest absolute Gasteiger partial charge is 0.222 e. The first-order chi connectivity index (χ1) is 8.28. The lowest BCUT2D eigenvalue weighted by Crippen LogP contribution is -2.49. The molecule has 0 aliphatic carbocycles. The molecule has 0 radical (unpaired) electrons. The largest absolute Gasteiger partial charge is 0.341 e. The highest BCUT2D eigenvalue weighted by Gasteiger charge is 2.25. The minimum atomic E-state index is -3.19. The second-order valence-corrected chi connectivity index (χ2v) is 7.28. The fourth-order valence-corrected chi connectivity index (χ4v) is 2.97. The van der Waals surface area contributed by atoms with Gasteiger partial charge in [0.2, 0.25) is 15.9 Å². The van der Waals surface area contributed by atoms with Gasteiger partial charge in [0.1, 0.15) is 0 Å². The summed E-state index contributed by atoms with van der Waals surface area (Å²) in [7, 11) is -3.19. The lowest BCUT2D eigenvalue weighted by Gasteiger charge is -2.33. The number of likely N-dealkylation sites (tertiary alicyclic amines) is 1. The van der Waals surface area contributed by atoms with Crippen molar-refractivity contribution >= 4 is 15.9 Å². The molecule has 1 N–H and O–H groups in total. The van der Waals surface area contributed by atoms with Crippen LogP contribution in [0.5, 0.6) is 0 Å². The Morgan fingerprint density at radius 2 is 2.11 bits per heavy atom. The highest BCUT2D eigenvalue weighted by atomic mass is 32.2. The molecule has 1 atom stereocenters. The van der Waals surface area contributed by atoms with Crippen molar-refractivity contribution in [1.82, 2.24) is 9.62 Å².